The van der Waals surface area contributed by atoms with Crippen molar-refractivity contribution in [3.05, 3.63) is 18.7 Å². The van der Waals surface area contributed by atoms with Crippen LogP contribution < -0.4 is 5.32 Å². The van der Waals surface area contributed by atoms with Crippen LogP contribution in [0.5, 0.6) is 0 Å². The van der Waals surface area contributed by atoms with Crippen LogP contribution in [0.4, 0.5) is 0 Å². The number of aromatic nitrogens is 2. The molecule has 88 valence electrons. The first kappa shape index (κ1) is 10.3. The molecular formula is C13H21N3. The third-order valence-corrected chi connectivity index (χ3v) is 3.79. The second-order valence-corrected chi connectivity index (χ2v) is 5.31. The standard InChI is InChI=1S/C13H21N3/c1(8-16-9-7-14-10-16)6-15-13(11-2-3-11)12-4-5-12/h7,9-13,15H,1-6,8H2. The monoisotopic (exact) mass is 219 g/mol. The smallest absolute Gasteiger partial charge is 0.0945 e. The van der Waals surface area contributed by atoms with Gasteiger partial charge < -0.3 is 9.88 Å². The Kier molecular flexibility index (Phi) is 2.96. The molecule has 2 fully saturated rings. The van der Waals surface area contributed by atoms with E-state index in [4.69, 9.17) is 0 Å². The molecule has 0 atom stereocenters. The van der Waals surface area contributed by atoms with Crippen LogP contribution in [-0.4, -0.2) is 22.1 Å². The van der Waals surface area contributed by atoms with Crippen LogP contribution in [0.25, 0.3) is 0 Å². The third-order valence-electron chi connectivity index (χ3n) is 3.79. The Labute approximate surface area is 97.3 Å². The molecule has 0 aliphatic heterocycles. The van der Waals surface area contributed by atoms with E-state index >= 15 is 0 Å². The van der Waals surface area contributed by atoms with Crippen molar-refractivity contribution in [2.45, 2.75) is 44.7 Å². The zero-order valence-corrected chi connectivity index (χ0v) is 9.81. The van der Waals surface area contributed by atoms with Gasteiger partial charge >= 0.3 is 0 Å². The summed E-state index contributed by atoms with van der Waals surface area (Å²) >= 11 is 0. The van der Waals surface area contributed by atoms with Crippen LogP contribution in [0.15, 0.2) is 18.7 Å². The SMILES string of the molecule is c1cn(CCCNC(C2CC2)C2CC2)cn1. The summed E-state index contributed by atoms with van der Waals surface area (Å²) < 4.78 is 2.16. The van der Waals surface area contributed by atoms with Crippen LogP contribution in [0.2, 0.25) is 0 Å². The van der Waals surface area contributed by atoms with Crippen LogP contribution >= 0.6 is 0 Å². The highest BCUT2D eigenvalue weighted by Gasteiger charge is 2.40. The number of nitrogens with one attached hydrogen (secondary N) is 1. The summed E-state index contributed by atoms with van der Waals surface area (Å²) in [7, 11) is 0. The van der Waals surface area contributed by atoms with E-state index in [1.165, 1.54) is 32.1 Å². The summed E-state index contributed by atoms with van der Waals surface area (Å²) in [4.78, 5) is 4.06. The Morgan fingerprint density at radius 2 is 2.00 bits per heavy atom. The largest absolute Gasteiger partial charge is 0.337 e. The van der Waals surface area contributed by atoms with Crippen molar-refractivity contribution < 1.29 is 0 Å². The topological polar surface area (TPSA) is 29.9 Å². The van der Waals surface area contributed by atoms with Gasteiger partial charge in [-0.1, -0.05) is 0 Å². The summed E-state index contributed by atoms with van der Waals surface area (Å²) in [6, 6.07) is 0.850. The van der Waals surface area contributed by atoms with Gasteiger partial charge in [-0.05, 0) is 50.5 Å². The van der Waals surface area contributed by atoms with Crippen LogP contribution in [0, 0.1) is 11.8 Å². The van der Waals surface area contributed by atoms with Gasteiger partial charge in [-0.2, -0.15) is 0 Å². The maximum absolute atomic E-state index is 4.06. The molecule has 3 nitrogen and oxygen atoms in total. The van der Waals surface area contributed by atoms with Crippen molar-refractivity contribution in [2.24, 2.45) is 11.8 Å². The summed E-state index contributed by atoms with van der Waals surface area (Å²) in [6.07, 6.45) is 12.9. The van der Waals surface area contributed by atoms with Gasteiger partial charge in [-0.3, -0.25) is 0 Å². The lowest BCUT2D eigenvalue weighted by molar-refractivity contribution is 0.407. The first-order valence-corrected chi connectivity index (χ1v) is 6.62. The van der Waals surface area contributed by atoms with E-state index in [9.17, 15) is 0 Å². The van der Waals surface area contributed by atoms with E-state index in [0.717, 1.165) is 31.0 Å². The fourth-order valence-electron chi connectivity index (χ4n) is 2.58. The molecule has 0 aromatic carbocycles. The molecule has 0 amide bonds. The van der Waals surface area contributed by atoms with Crippen LogP contribution in [0.1, 0.15) is 32.1 Å². The van der Waals surface area contributed by atoms with Gasteiger partial charge in [0, 0.05) is 25.0 Å². The molecule has 3 heteroatoms. The molecule has 0 unspecified atom stereocenters. The molecule has 1 aromatic heterocycles. The molecule has 0 radical (unpaired) electrons. The molecule has 2 saturated carbocycles. The molecule has 3 rings (SSSR count). The number of hydrogen-bond acceptors (Lipinski definition) is 2. The minimum Gasteiger partial charge on any atom is -0.337 e. The molecule has 0 spiro atoms. The predicted molar refractivity (Wildman–Crippen MR) is 64.1 cm³/mol. The summed E-state index contributed by atoms with van der Waals surface area (Å²) in [5.41, 5.74) is 0. The molecule has 1 heterocycles. The van der Waals surface area contributed by atoms with Gasteiger partial charge in [0.25, 0.3) is 0 Å². The van der Waals surface area contributed by atoms with E-state index in [1.807, 2.05) is 18.7 Å². The molecule has 2 aliphatic rings. The average molecular weight is 219 g/mol. The normalized spacial score (nSPS) is 20.6. The minimum absolute atomic E-state index is 0.850. The van der Waals surface area contributed by atoms with Gasteiger partial charge in [0.15, 0.2) is 0 Å². The number of rotatable bonds is 7. The third kappa shape index (κ3) is 2.64. The lowest BCUT2D eigenvalue weighted by Crippen LogP contribution is -2.34. The average Bonchev–Trinajstić information content (AvgIpc) is 3.20. The van der Waals surface area contributed by atoms with Crippen molar-refractivity contribution >= 4 is 0 Å². The number of aryl methyl sites for hydroxylation is 1. The fourth-order valence-corrected chi connectivity index (χ4v) is 2.58. The maximum atomic E-state index is 4.06. The highest BCUT2D eigenvalue weighted by atomic mass is 15.0. The molecule has 1 N–H and O–H groups in total. The van der Waals surface area contributed by atoms with Crippen molar-refractivity contribution in [1.29, 1.82) is 0 Å². The number of nitrogens with zero attached hydrogens (tertiary/aromatic N) is 2. The van der Waals surface area contributed by atoms with E-state index < -0.39 is 0 Å². The Morgan fingerprint density at radius 3 is 2.56 bits per heavy atom. The van der Waals surface area contributed by atoms with E-state index in [2.05, 4.69) is 14.9 Å². The van der Waals surface area contributed by atoms with Crippen molar-refractivity contribution in [1.82, 2.24) is 14.9 Å². The Morgan fingerprint density at radius 1 is 1.25 bits per heavy atom. The Hall–Kier alpha value is -0.830. The molecule has 0 bridgehead atoms. The van der Waals surface area contributed by atoms with Gasteiger partial charge in [0.2, 0.25) is 0 Å². The lowest BCUT2D eigenvalue weighted by Gasteiger charge is -2.17. The van der Waals surface area contributed by atoms with Gasteiger partial charge in [0.05, 0.1) is 6.33 Å². The minimum atomic E-state index is 0.850. The number of hydrogen-bond donors (Lipinski definition) is 1. The maximum Gasteiger partial charge on any atom is 0.0945 e. The van der Waals surface area contributed by atoms with Gasteiger partial charge in [-0.15, -0.1) is 0 Å². The van der Waals surface area contributed by atoms with Crippen molar-refractivity contribution in [3.63, 3.8) is 0 Å². The first-order valence-electron chi connectivity index (χ1n) is 6.62. The molecule has 1 aromatic rings. The van der Waals surface area contributed by atoms with Crippen LogP contribution in [-0.2, 0) is 6.54 Å². The Bertz CT molecular complexity index is 300. The molecule has 0 saturated heterocycles. The quantitative estimate of drug-likeness (QED) is 0.711. The van der Waals surface area contributed by atoms with Crippen LogP contribution in [0.3, 0.4) is 0 Å². The molecule has 16 heavy (non-hydrogen) atoms. The first-order chi connectivity index (χ1) is 7.93. The highest BCUT2D eigenvalue weighted by Crippen LogP contribution is 2.44. The Balaban J connectivity index is 1.35. The number of imidazole rings is 1. The highest BCUT2D eigenvalue weighted by molar-refractivity contribution is 4.96. The van der Waals surface area contributed by atoms with Crippen molar-refractivity contribution in [3.8, 4) is 0 Å². The van der Waals surface area contributed by atoms with E-state index in [0.29, 0.717) is 0 Å². The zero-order valence-electron chi connectivity index (χ0n) is 9.81. The summed E-state index contributed by atoms with van der Waals surface area (Å²) in [6.45, 7) is 2.25. The summed E-state index contributed by atoms with van der Waals surface area (Å²) in [5.74, 6) is 2.03. The fraction of sp³-hybridized carbons (Fsp3) is 0.769. The molecular weight excluding hydrogens is 198 g/mol. The second-order valence-electron chi connectivity index (χ2n) is 5.31. The zero-order chi connectivity index (χ0) is 10.8. The lowest BCUT2D eigenvalue weighted by atomic mass is 10.1. The summed E-state index contributed by atoms with van der Waals surface area (Å²) in [5, 5.41) is 3.77. The van der Waals surface area contributed by atoms with Gasteiger partial charge in [-0.25, -0.2) is 4.98 Å². The second kappa shape index (κ2) is 4.58. The van der Waals surface area contributed by atoms with E-state index in [1.54, 1.807) is 0 Å². The van der Waals surface area contributed by atoms with Crippen molar-refractivity contribution in [2.75, 3.05) is 6.54 Å². The molecule has 2 aliphatic carbocycles. The predicted octanol–water partition coefficient (Wildman–Crippen LogP) is 2.05. The van der Waals surface area contributed by atoms with E-state index in [-0.39, 0.29) is 0 Å². The van der Waals surface area contributed by atoms with Gasteiger partial charge in [0.1, 0.15) is 0 Å².